The Kier molecular flexibility index (Phi) is 3.90. The first-order chi connectivity index (χ1) is 9.81. The Balaban J connectivity index is 1.55. The molecule has 2 heterocycles. The molecular weight excluding hydrogens is 270 g/mol. The third-order valence-electron chi connectivity index (χ3n) is 3.03. The Bertz CT molecular complexity index is 659. The van der Waals surface area contributed by atoms with Crippen molar-refractivity contribution in [2.75, 3.05) is 0 Å². The number of rotatable bonds is 5. The summed E-state index contributed by atoms with van der Waals surface area (Å²) < 4.78 is 5.26. The normalized spacial score (nSPS) is 10.8. The molecule has 0 amide bonds. The summed E-state index contributed by atoms with van der Waals surface area (Å²) in [6.45, 7) is 3.71. The lowest BCUT2D eigenvalue weighted by atomic mass is 10.1. The maximum absolute atomic E-state index is 5.26. The zero-order valence-corrected chi connectivity index (χ0v) is 12.1. The number of aryl methyl sites for hydroxylation is 1. The lowest BCUT2D eigenvalue weighted by Crippen LogP contribution is -2.80. The highest BCUT2D eigenvalue weighted by atomic mass is 32.1. The van der Waals surface area contributed by atoms with Crippen molar-refractivity contribution >= 4 is 11.3 Å². The van der Waals surface area contributed by atoms with Gasteiger partial charge < -0.3 is 9.84 Å². The Labute approximate surface area is 121 Å². The molecule has 3 rings (SSSR count). The van der Waals surface area contributed by atoms with Gasteiger partial charge in [0.2, 0.25) is 5.82 Å². The molecule has 0 atom stereocenters. The monoisotopic (exact) mass is 286 g/mol. The standard InChI is InChI=1S/C15H15N3OS/c1-11-4-6-12(7-5-11)9-16-10-14-17-15(18-19-14)13-3-2-8-20-13/h2-8,16H,9-10H2,1H3/p+1. The number of thiophene rings is 1. The first-order valence-electron chi connectivity index (χ1n) is 6.55. The van der Waals surface area contributed by atoms with Gasteiger partial charge in [-0.25, -0.2) is 0 Å². The molecule has 3 aromatic rings. The second-order valence-corrected chi connectivity index (χ2v) is 5.62. The van der Waals surface area contributed by atoms with Gasteiger partial charge in [-0.15, -0.1) is 11.3 Å². The molecule has 0 unspecified atom stereocenters. The molecule has 0 fully saturated rings. The zero-order valence-electron chi connectivity index (χ0n) is 11.2. The Morgan fingerprint density at radius 1 is 1.15 bits per heavy atom. The van der Waals surface area contributed by atoms with E-state index in [1.165, 1.54) is 11.1 Å². The van der Waals surface area contributed by atoms with E-state index in [1.54, 1.807) is 11.3 Å². The zero-order chi connectivity index (χ0) is 13.8. The first-order valence-corrected chi connectivity index (χ1v) is 7.43. The summed E-state index contributed by atoms with van der Waals surface area (Å²) in [6.07, 6.45) is 0. The molecule has 0 aliphatic carbocycles. The van der Waals surface area contributed by atoms with E-state index in [4.69, 9.17) is 4.52 Å². The Morgan fingerprint density at radius 2 is 2.00 bits per heavy atom. The molecule has 0 spiro atoms. The first kappa shape index (κ1) is 13.0. The molecule has 0 bridgehead atoms. The van der Waals surface area contributed by atoms with Gasteiger partial charge in [0.15, 0.2) is 6.54 Å². The van der Waals surface area contributed by atoms with Gasteiger partial charge in [0.05, 0.1) is 4.88 Å². The molecule has 5 heteroatoms. The molecule has 102 valence electrons. The summed E-state index contributed by atoms with van der Waals surface area (Å²) in [5.74, 6) is 1.35. The fourth-order valence-corrected chi connectivity index (χ4v) is 2.58. The van der Waals surface area contributed by atoms with Crippen molar-refractivity contribution in [2.45, 2.75) is 20.0 Å². The molecule has 0 saturated carbocycles. The third kappa shape index (κ3) is 3.12. The van der Waals surface area contributed by atoms with E-state index in [1.807, 2.05) is 17.5 Å². The van der Waals surface area contributed by atoms with Gasteiger partial charge >= 0.3 is 0 Å². The van der Waals surface area contributed by atoms with E-state index < -0.39 is 0 Å². The van der Waals surface area contributed by atoms with Crippen LogP contribution in [0, 0.1) is 6.92 Å². The maximum atomic E-state index is 5.26. The Morgan fingerprint density at radius 3 is 2.75 bits per heavy atom. The second-order valence-electron chi connectivity index (χ2n) is 4.67. The van der Waals surface area contributed by atoms with Crippen LogP contribution in [-0.4, -0.2) is 10.1 Å². The second kappa shape index (κ2) is 5.98. The molecular formula is C15H16N3OS+. The van der Waals surface area contributed by atoms with Gasteiger partial charge in [0.25, 0.3) is 5.89 Å². The van der Waals surface area contributed by atoms with E-state index in [2.05, 4.69) is 46.6 Å². The van der Waals surface area contributed by atoms with Crippen molar-refractivity contribution in [3.05, 3.63) is 58.8 Å². The molecule has 0 saturated heterocycles. The largest absolute Gasteiger partial charge is 0.335 e. The number of aromatic nitrogens is 2. The fourth-order valence-electron chi connectivity index (χ4n) is 1.93. The number of hydrogen-bond donors (Lipinski definition) is 1. The lowest BCUT2D eigenvalue weighted by molar-refractivity contribution is -0.688. The maximum Gasteiger partial charge on any atom is 0.282 e. The van der Waals surface area contributed by atoms with Crippen molar-refractivity contribution in [3.63, 3.8) is 0 Å². The van der Waals surface area contributed by atoms with Crippen LogP contribution in [0.2, 0.25) is 0 Å². The van der Waals surface area contributed by atoms with Crippen molar-refractivity contribution < 1.29 is 9.84 Å². The van der Waals surface area contributed by atoms with Crippen molar-refractivity contribution in [3.8, 4) is 10.7 Å². The quantitative estimate of drug-likeness (QED) is 0.783. The van der Waals surface area contributed by atoms with Crippen LogP contribution in [0.4, 0.5) is 0 Å². The van der Waals surface area contributed by atoms with E-state index >= 15 is 0 Å². The minimum absolute atomic E-state index is 0.667. The summed E-state index contributed by atoms with van der Waals surface area (Å²) in [5, 5.41) is 8.17. The molecule has 0 aliphatic rings. The number of hydrogen-bond acceptors (Lipinski definition) is 4. The molecule has 20 heavy (non-hydrogen) atoms. The molecule has 1 aromatic carbocycles. The molecule has 0 aliphatic heterocycles. The summed E-state index contributed by atoms with van der Waals surface area (Å²) >= 11 is 1.62. The van der Waals surface area contributed by atoms with Gasteiger partial charge in [0, 0.05) is 5.56 Å². The smallest absolute Gasteiger partial charge is 0.282 e. The predicted molar refractivity (Wildman–Crippen MR) is 78.1 cm³/mol. The predicted octanol–water partition coefficient (Wildman–Crippen LogP) is 2.37. The van der Waals surface area contributed by atoms with Gasteiger partial charge in [0.1, 0.15) is 6.54 Å². The van der Waals surface area contributed by atoms with Gasteiger partial charge in [-0.1, -0.05) is 41.1 Å². The average Bonchev–Trinajstić information content (AvgIpc) is 3.11. The van der Waals surface area contributed by atoms with Crippen LogP contribution >= 0.6 is 11.3 Å². The highest BCUT2D eigenvalue weighted by molar-refractivity contribution is 7.13. The fraction of sp³-hybridized carbons (Fsp3) is 0.200. The van der Waals surface area contributed by atoms with Crippen LogP contribution in [0.25, 0.3) is 10.7 Å². The highest BCUT2D eigenvalue weighted by Gasteiger charge is 2.10. The Hall–Kier alpha value is -1.98. The molecule has 4 nitrogen and oxygen atoms in total. The van der Waals surface area contributed by atoms with Crippen LogP contribution in [0.15, 0.2) is 46.3 Å². The van der Waals surface area contributed by atoms with E-state index in [0.717, 1.165) is 11.4 Å². The van der Waals surface area contributed by atoms with Crippen molar-refractivity contribution in [1.29, 1.82) is 0 Å². The van der Waals surface area contributed by atoms with Gasteiger partial charge in [-0.2, -0.15) is 4.98 Å². The minimum atomic E-state index is 0.667. The summed E-state index contributed by atoms with van der Waals surface area (Å²) in [7, 11) is 0. The van der Waals surface area contributed by atoms with E-state index in [9.17, 15) is 0 Å². The summed E-state index contributed by atoms with van der Waals surface area (Å²) in [6, 6.07) is 12.5. The lowest BCUT2D eigenvalue weighted by Gasteiger charge is -1.99. The summed E-state index contributed by atoms with van der Waals surface area (Å²) in [4.78, 5) is 5.44. The number of benzene rings is 1. The number of quaternary nitrogens is 1. The molecule has 2 aromatic heterocycles. The van der Waals surface area contributed by atoms with Gasteiger partial charge in [-0.05, 0) is 18.4 Å². The average molecular weight is 286 g/mol. The van der Waals surface area contributed by atoms with Crippen LogP contribution < -0.4 is 5.32 Å². The van der Waals surface area contributed by atoms with Crippen LogP contribution in [0.3, 0.4) is 0 Å². The highest BCUT2D eigenvalue weighted by Crippen LogP contribution is 2.20. The van der Waals surface area contributed by atoms with Crippen LogP contribution in [-0.2, 0) is 13.1 Å². The molecule has 0 radical (unpaired) electrons. The number of nitrogens with zero attached hydrogens (tertiary/aromatic N) is 2. The van der Waals surface area contributed by atoms with Crippen molar-refractivity contribution in [2.24, 2.45) is 0 Å². The van der Waals surface area contributed by atoms with Crippen molar-refractivity contribution in [1.82, 2.24) is 10.1 Å². The summed E-state index contributed by atoms with van der Waals surface area (Å²) in [5.41, 5.74) is 2.58. The molecule has 2 N–H and O–H groups in total. The van der Waals surface area contributed by atoms with Gasteiger partial charge in [-0.3, -0.25) is 0 Å². The topological polar surface area (TPSA) is 55.5 Å². The van der Waals surface area contributed by atoms with Crippen LogP contribution in [0.1, 0.15) is 17.0 Å². The number of nitrogens with two attached hydrogens (primary N) is 1. The third-order valence-corrected chi connectivity index (χ3v) is 3.90. The van der Waals surface area contributed by atoms with Crippen LogP contribution in [0.5, 0.6) is 0 Å². The minimum Gasteiger partial charge on any atom is -0.335 e. The van der Waals surface area contributed by atoms with E-state index in [-0.39, 0.29) is 0 Å². The van der Waals surface area contributed by atoms with E-state index in [0.29, 0.717) is 18.3 Å². The SMILES string of the molecule is Cc1ccc(C[NH2+]Cc2nc(-c3cccs3)no2)cc1.